The van der Waals surface area contributed by atoms with Crippen LogP contribution >= 0.6 is 11.6 Å². The van der Waals surface area contributed by atoms with Crippen molar-refractivity contribution in [2.24, 2.45) is 0 Å². The Bertz CT molecular complexity index is 1170. The van der Waals surface area contributed by atoms with Crippen LogP contribution in [0.25, 0.3) is 0 Å². The van der Waals surface area contributed by atoms with Gasteiger partial charge >= 0.3 is 0 Å². The van der Waals surface area contributed by atoms with Gasteiger partial charge in [0.1, 0.15) is 11.8 Å². The summed E-state index contributed by atoms with van der Waals surface area (Å²) < 4.78 is 5.19. The molecule has 0 radical (unpaired) electrons. The molecule has 1 atom stereocenters. The molecule has 2 aliphatic heterocycles. The molecule has 2 fully saturated rings. The molecule has 2 saturated heterocycles. The predicted octanol–water partition coefficient (Wildman–Crippen LogP) is 1.94. The van der Waals surface area contributed by atoms with E-state index in [1.807, 2.05) is 24.3 Å². The second-order valence-electron chi connectivity index (χ2n) is 8.50. The van der Waals surface area contributed by atoms with Crippen LogP contribution in [0.15, 0.2) is 42.5 Å². The van der Waals surface area contributed by atoms with E-state index in [-0.39, 0.29) is 41.7 Å². The van der Waals surface area contributed by atoms with Crippen molar-refractivity contribution in [1.29, 1.82) is 0 Å². The van der Waals surface area contributed by atoms with E-state index in [1.54, 1.807) is 12.0 Å². The molecule has 2 aromatic carbocycles. The van der Waals surface area contributed by atoms with Crippen molar-refractivity contribution in [3.8, 4) is 5.75 Å². The lowest BCUT2D eigenvalue weighted by Gasteiger charge is -2.39. The summed E-state index contributed by atoms with van der Waals surface area (Å²) in [7, 11) is 1.61. The largest absolute Gasteiger partial charge is 0.497 e. The topological polar surface area (TPSA) is 125 Å². The molecule has 0 bridgehead atoms. The smallest absolute Gasteiger partial charge is 0.270 e. The van der Waals surface area contributed by atoms with Gasteiger partial charge in [0, 0.05) is 57.1 Å². The van der Waals surface area contributed by atoms with E-state index in [0.29, 0.717) is 26.2 Å². The van der Waals surface area contributed by atoms with E-state index in [9.17, 15) is 24.5 Å². The lowest BCUT2D eigenvalue weighted by atomic mass is 10.0. The zero-order valence-electron chi connectivity index (χ0n) is 19.7. The third kappa shape index (κ3) is 5.35. The van der Waals surface area contributed by atoms with Gasteiger partial charge in [-0.3, -0.25) is 24.5 Å². The Kier molecular flexibility index (Phi) is 7.58. The van der Waals surface area contributed by atoms with Crippen LogP contribution in [-0.4, -0.2) is 84.9 Å². The van der Waals surface area contributed by atoms with Crippen LogP contribution in [-0.2, 0) is 9.59 Å². The van der Waals surface area contributed by atoms with Gasteiger partial charge in [-0.2, -0.15) is 0 Å². The summed E-state index contributed by atoms with van der Waals surface area (Å²) in [5.41, 5.74) is 0.835. The molecule has 0 spiro atoms. The fourth-order valence-electron chi connectivity index (χ4n) is 4.41. The molecule has 12 heteroatoms. The summed E-state index contributed by atoms with van der Waals surface area (Å²) in [6.45, 7) is 2.68. The number of hydrogen-bond donors (Lipinski definition) is 1. The van der Waals surface area contributed by atoms with Crippen LogP contribution < -0.4 is 15.0 Å². The highest BCUT2D eigenvalue weighted by Crippen LogP contribution is 2.26. The van der Waals surface area contributed by atoms with E-state index in [4.69, 9.17) is 16.3 Å². The highest BCUT2D eigenvalue weighted by atomic mass is 35.5. The number of halogens is 1. The molecule has 11 nitrogen and oxygen atoms in total. The minimum absolute atomic E-state index is 0.0440. The number of piperazine rings is 2. The first-order valence-electron chi connectivity index (χ1n) is 11.5. The monoisotopic (exact) mass is 515 g/mol. The first kappa shape index (κ1) is 25.2. The van der Waals surface area contributed by atoms with E-state index >= 15 is 0 Å². The first-order chi connectivity index (χ1) is 17.3. The molecule has 190 valence electrons. The van der Waals surface area contributed by atoms with Crippen LogP contribution in [0, 0.1) is 10.1 Å². The molecular weight excluding hydrogens is 490 g/mol. The van der Waals surface area contributed by atoms with Crippen molar-refractivity contribution in [2.75, 3.05) is 51.3 Å². The van der Waals surface area contributed by atoms with Gasteiger partial charge in [-0.25, -0.2) is 0 Å². The second kappa shape index (κ2) is 10.8. The number of methoxy groups -OCH3 is 1. The maximum Gasteiger partial charge on any atom is 0.270 e. The van der Waals surface area contributed by atoms with Crippen molar-refractivity contribution in [3.63, 3.8) is 0 Å². The summed E-state index contributed by atoms with van der Waals surface area (Å²) in [5.74, 6) is -0.420. The molecule has 3 amide bonds. The number of nitrogens with zero attached hydrogens (tertiary/aromatic N) is 4. The number of rotatable bonds is 6. The Labute approximate surface area is 212 Å². The minimum atomic E-state index is -0.996. The zero-order valence-corrected chi connectivity index (χ0v) is 20.4. The molecule has 2 aromatic rings. The average Bonchev–Trinajstić information content (AvgIpc) is 2.89. The van der Waals surface area contributed by atoms with E-state index < -0.39 is 22.8 Å². The number of benzene rings is 2. The lowest BCUT2D eigenvalue weighted by molar-refractivity contribution is -0.384. The quantitative estimate of drug-likeness (QED) is 0.460. The fraction of sp³-hybridized carbons (Fsp3) is 0.375. The zero-order chi connectivity index (χ0) is 25.8. The summed E-state index contributed by atoms with van der Waals surface area (Å²) >= 11 is 6.14. The maximum absolute atomic E-state index is 13.2. The third-order valence-corrected chi connectivity index (χ3v) is 6.74. The number of nitro benzene ring substituents is 1. The first-order valence-corrected chi connectivity index (χ1v) is 11.9. The van der Waals surface area contributed by atoms with E-state index in [0.717, 1.165) is 17.5 Å². The summed E-state index contributed by atoms with van der Waals surface area (Å²) in [6, 6.07) is 10.3. The number of hydrogen-bond acceptors (Lipinski definition) is 7. The number of carbonyl (C=O) groups excluding carboxylic acids is 3. The van der Waals surface area contributed by atoms with Gasteiger partial charge in [0.05, 0.1) is 29.0 Å². The van der Waals surface area contributed by atoms with Crippen molar-refractivity contribution >= 4 is 40.7 Å². The Hall–Kier alpha value is -3.86. The molecule has 0 aromatic heterocycles. The van der Waals surface area contributed by atoms with Gasteiger partial charge in [-0.05, 0) is 30.3 Å². The van der Waals surface area contributed by atoms with Crippen LogP contribution in [0.3, 0.4) is 0 Å². The Morgan fingerprint density at radius 2 is 1.81 bits per heavy atom. The predicted molar refractivity (Wildman–Crippen MR) is 132 cm³/mol. The van der Waals surface area contributed by atoms with Gasteiger partial charge in [-0.1, -0.05) is 11.6 Å². The Morgan fingerprint density at radius 3 is 2.42 bits per heavy atom. The SMILES string of the molecule is COc1ccc(N2CCN(C(=O)C[C@H]3C(=O)NCCN3C(=O)c3ccc([N+](=O)[O-])cc3Cl)CC2)cc1. The van der Waals surface area contributed by atoms with Crippen LogP contribution in [0.5, 0.6) is 5.75 Å². The van der Waals surface area contributed by atoms with Crippen molar-refractivity contribution < 1.29 is 24.0 Å². The number of anilines is 1. The number of non-ortho nitro benzene ring substituents is 1. The van der Waals surface area contributed by atoms with Gasteiger partial charge in [0.15, 0.2) is 0 Å². The molecule has 0 saturated carbocycles. The van der Waals surface area contributed by atoms with Gasteiger partial charge in [-0.15, -0.1) is 0 Å². The average molecular weight is 516 g/mol. The van der Waals surface area contributed by atoms with Crippen molar-refractivity contribution in [1.82, 2.24) is 15.1 Å². The Morgan fingerprint density at radius 1 is 1.11 bits per heavy atom. The van der Waals surface area contributed by atoms with Crippen molar-refractivity contribution in [2.45, 2.75) is 12.5 Å². The molecule has 36 heavy (non-hydrogen) atoms. The second-order valence-corrected chi connectivity index (χ2v) is 8.90. The number of ether oxygens (including phenoxy) is 1. The number of nitro groups is 1. The lowest BCUT2D eigenvalue weighted by Crippen LogP contribution is -2.59. The highest BCUT2D eigenvalue weighted by Gasteiger charge is 2.37. The van der Waals surface area contributed by atoms with E-state index in [2.05, 4.69) is 10.2 Å². The number of nitrogens with one attached hydrogen (secondary N) is 1. The number of carbonyl (C=O) groups is 3. The van der Waals surface area contributed by atoms with Gasteiger partial charge in [0.25, 0.3) is 11.6 Å². The Balaban J connectivity index is 1.41. The summed E-state index contributed by atoms with van der Waals surface area (Å²) in [6.07, 6.45) is -0.162. The van der Waals surface area contributed by atoms with Gasteiger partial charge < -0.3 is 24.8 Å². The van der Waals surface area contributed by atoms with Crippen LogP contribution in [0.4, 0.5) is 11.4 Å². The highest BCUT2D eigenvalue weighted by molar-refractivity contribution is 6.34. The van der Waals surface area contributed by atoms with E-state index in [1.165, 1.54) is 17.0 Å². The third-order valence-electron chi connectivity index (χ3n) is 6.42. The molecule has 2 heterocycles. The summed E-state index contributed by atoms with van der Waals surface area (Å²) in [5, 5.41) is 13.6. The minimum Gasteiger partial charge on any atom is -0.497 e. The van der Waals surface area contributed by atoms with Crippen LogP contribution in [0.2, 0.25) is 5.02 Å². The maximum atomic E-state index is 13.2. The van der Waals surface area contributed by atoms with Gasteiger partial charge in [0.2, 0.25) is 11.8 Å². The molecule has 1 N–H and O–H groups in total. The molecule has 4 rings (SSSR count). The standard InChI is InChI=1S/C24H26ClN5O6/c1-36-18-5-2-16(3-6-18)27-10-12-28(13-11-27)22(31)15-21-23(32)26-8-9-29(21)24(33)19-7-4-17(30(34)35)14-20(19)25/h2-7,14,21H,8-13,15H2,1H3,(H,26,32)/t21-/m0/s1. The fourth-order valence-corrected chi connectivity index (χ4v) is 4.66. The molecule has 2 aliphatic rings. The summed E-state index contributed by atoms with van der Waals surface area (Å²) in [4.78, 5) is 54.5. The van der Waals surface area contributed by atoms with Crippen molar-refractivity contribution in [3.05, 3.63) is 63.2 Å². The number of amides is 3. The molecule has 0 aliphatic carbocycles. The van der Waals surface area contributed by atoms with Crippen LogP contribution in [0.1, 0.15) is 16.8 Å². The molecular formula is C24H26ClN5O6. The normalized spacial score (nSPS) is 18.0. The molecule has 0 unspecified atom stereocenters.